The third kappa shape index (κ3) is 4.29. The van der Waals surface area contributed by atoms with Crippen molar-refractivity contribution in [3.63, 3.8) is 0 Å². The first-order valence-corrected chi connectivity index (χ1v) is 6.94. The van der Waals surface area contributed by atoms with Gasteiger partial charge in [-0.25, -0.2) is 0 Å². The van der Waals surface area contributed by atoms with Crippen LogP contribution in [0.25, 0.3) is 0 Å². The van der Waals surface area contributed by atoms with Crippen LogP contribution in [0, 0.1) is 3.57 Å². The highest BCUT2D eigenvalue weighted by Gasteiger charge is 2.14. The predicted octanol–water partition coefficient (Wildman–Crippen LogP) is 2.98. The fourth-order valence-electron chi connectivity index (χ4n) is 1.30. The van der Waals surface area contributed by atoms with Gasteiger partial charge in [0.1, 0.15) is 0 Å². The second-order valence-corrected chi connectivity index (χ2v) is 5.85. The Morgan fingerprint density at radius 1 is 1.50 bits per heavy atom. The van der Waals surface area contributed by atoms with E-state index >= 15 is 0 Å². The van der Waals surface area contributed by atoms with Crippen LogP contribution in [0.2, 0.25) is 0 Å². The molecule has 3 nitrogen and oxygen atoms in total. The van der Waals surface area contributed by atoms with Crippen LogP contribution in [0.1, 0.15) is 25.5 Å². The molecule has 0 radical (unpaired) electrons. The Bertz CT molecular complexity index is 347. The van der Waals surface area contributed by atoms with Gasteiger partial charge < -0.3 is 4.74 Å². The summed E-state index contributed by atoms with van der Waals surface area (Å²) in [6.07, 6.45) is 0.209. The zero-order valence-electron chi connectivity index (χ0n) is 9.34. The molecule has 0 heterocycles. The average molecular weight is 399 g/mol. The maximum atomic E-state index is 5.58. The van der Waals surface area contributed by atoms with Gasteiger partial charge in [0.2, 0.25) is 0 Å². The fourth-order valence-corrected chi connectivity index (χ4v) is 2.39. The minimum Gasteiger partial charge on any atom is -0.377 e. The summed E-state index contributed by atoms with van der Waals surface area (Å²) in [4.78, 5) is 0. The molecule has 5 heteroatoms. The number of hydrazine groups is 1. The minimum absolute atomic E-state index is 0.0202. The predicted molar refractivity (Wildman–Crippen MR) is 78.0 cm³/mol. The number of nitrogens with one attached hydrogen (secondary N) is 1. The molecule has 90 valence electrons. The lowest BCUT2D eigenvalue weighted by Crippen LogP contribution is -2.32. The largest absolute Gasteiger partial charge is 0.377 e. The van der Waals surface area contributed by atoms with Crippen LogP contribution in [0.4, 0.5) is 0 Å². The van der Waals surface area contributed by atoms with Gasteiger partial charge in [-0.15, -0.1) is 0 Å². The van der Waals surface area contributed by atoms with Crippen molar-refractivity contribution in [3.05, 3.63) is 31.8 Å². The molecule has 0 aliphatic heterocycles. The lowest BCUT2D eigenvalue weighted by atomic mass is 10.1. The third-order valence-corrected chi connectivity index (χ3v) is 3.61. The number of benzene rings is 1. The van der Waals surface area contributed by atoms with Crippen molar-refractivity contribution in [2.45, 2.75) is 26.0 Å². The van der Waals surface area contributed by atoms with Gasteiger partial charge in [0.15, 0.2) is 0 Å². The normalized spacial score (nSPS) is 13.1. The lowest BCUT2D eigenvalue weighted by molar-refractivity contribution is 0.0610. The molecule has 0 fully saturated rings. The number of rotatable bonds is 5. The molecule has 1 atom stereocenters. The summed E-state index contributed by atoms with van der Waals surface area (Å²) in [6, 6.07) is 6.16. The topological polar surface area (TPSA) is 47.3 Å². The van der Waals surface area contributed by atoms with Crippen LogP contribution in [0.15, 0.2) is 22.7 Å². The van der Waals surface area contributed by atoms with E-state index in [0.717, 1.165) is 10.0 Å². The second kappa shape index (κ2) is 6.90. The van der Waals surface area contributed by atoms with Gasteiger partial charge in [0, 0.05) is 8.04 Å². The van der Waals surface area contributed by atoms with Crippen molar-refractivity contribution >= 4 is 38.5 Å². The standard InChI is InChI=1S/C11H16BrIN2O/c1-7(2)16-6-11(15-14)9-5-8(12)3-4-10(9)13/h3-5,7,11,15H,6,14H2,1-2H3. The first kappa shape index (κ1) is 14.4. The number of hydrogen-bond donors (Lipinski definition) is 2. The molecule has 1 rings (SSSR count). The van der Waals surface area contributed by atoms with Gasteiger partial charge in [-0.2, -0.15) is 0 Å². The van der Waals surface area contributed by atoms with Crippen LogP contribution < -0.4 is 11.3 Å². The number of ether oxygens (including phenoxy) is 1. The van der Waals surface area contributed by atoms with E-state index in [9.17, 15) is 0 Å². The van der Waals surface area contributed by atoms with Crippen molar-refractivity contribution in [1.29, 1.82) is 0 Å². The zero-order valence-corrected chi connectivity index (χ0v) is 13.1. The molecule has 0 aliphatic carbocycles. The molecule has 0 bridgehead atoms. The highest BCUT2D eigenvalue weighted by atomic mass is 127. The number of nitrogens with two attached hydrogens (primary N) is 1. The third-order valence-electron chi connectivity index (χ3n) is 2.13. The Kier molecular flexibility index (Phi) is 6.20. The van der Waals surface area contributed by atoms with E-state index in [-0.39, 0.29) is 12.1 Å². The van der Waals surface area contributed by atoms with Crippen molar-refractivity contribution in [2.75, 3.05) is 6.61 Å². The monoisotopic (exact) mass is 398 g/mol. The Morgan fingerprint density at radius 2 is 2.19 bits per heavy atom. The number of halogens is 2. The van der Waals surface area contributed by atoms with Crippen molar-refractivity contribution in [1.82, 2.24) is 5.43 Å². The van der Waals surface area contributed by atoms with Gasteiger partial charge in [0.25, 0.3) is 0 Å². The average Bonchev–Trinajstić information content (AvgIpc) is 2.23. The van der Waals surface area contributed by atoms with E-state index in [1.807, 2.05) is 19.9 Å². The van der Waals surface area contributed by atoms with Gasteiger partial charge >= 0.3 is 0 Å². The first-order valence-electron chi connectivity index (χ1n) is 5.07. The maximum absolute atomic E-state index is 5.58. The summed E-state index contributed by atoms with van der Waals surface area (Å²) in [5.41, 5.74) is 3.94. The summed E-state index contributed by atoms with van der Waals surface area (Å²) in [7, 11) is 0. The van der Waals surface area contributed by atoms with Gasteiger partial charge in [-0.3, -0.25) is 11.3 Å². The van der Waals surface area contributed by atoms with Crippen molar-refractivity contribution in [3.8, 4) is 0 Å². The van der Waals surface area contributed by atoms with E-state index in [4.69, 9.17) is 10.6 Å². The van der Waals surface area contributed by atoms with Crippen LogP contribution in [-0.2, 0) is 4.74 Å². The Labute approximate surface area is 118 Å². The summed E-state index contributed by atoms with van der Waals surface area (Å²) >= 11 is 5.76. The Hall–Kier alpha value is 0.310. The van der Waals surface area contributed by atoms with E-state index < -0.39 is 0 Å². The van der Waals surface area contributed by atoms with Gasteiger partial charge in [0.05, 0.1) is 18.8 Å². The minimum atomic E-state index is 0.0202. The molecule has 0 amide bonds. The van der Waals surface area contributed by atoms with Gasteiger partial charge in [-0.1, -0.05) is 15.9 Å². The van der Waals surface area contributed by atoms with Crippen LogP contribution in [0.5, 0.6) is 0 Å². The molecule has 0 spiro atoms. The Balaban J connectivity index is 2.81. The SMILES string of the molecule is CC(C)OCC(NN)c1cc(Br)ccc1I. The van der Waals surface area contributed by atoms with E-state index in [1.165, 1.54) is 3.57 Å². The van der Waals surface area contributed by atoms with E-state index in [2.05, 4.69) is 56.1 Å². The molecule has 1 aromatic rings. The second-order valence-electron chi connectivity index (χ2n) is 3.77. The summed E-state index contributed by atoms with van der Waals surface area (Å²) in [5.74, 6) is 5.56. The van der Waals surface area contributed by atoms with Crippen molar-refractivity contribution in [2.24, 2.45) is 5.84 Å². The molecule has 0 saturated heterocycles. The summed E-state index contributed by atoms with van der Waals surface area (Å²) in [6.45, 7) is 4.60. The highest BCUT2D eigenvalue weighted by Crippen LogP contribution is 2.24. The fraction of sp³-hybridized carbons (Fsp3) is 0.455. The smallest absolute Gasteiger partial charge is 0.0704 e. The zero-order chi connectivity index (χ0) is 12.1. The van der Waals surface area contributed by atoms with Crippen LogP contribution in [-0.4, -0.2) is 12.7 Å². The van der Waals surface area contributed by atoms with Crippen molar-refractivity contribution < 1.29 is 4.74 Å². The number of hydrogen-bond acceptors (Lipinski definition) is 3. The molecular formula is C11H16BrIN2O. The first-order chi connectivity index (χ1) is 7.54. The summed E-state index contributed by atoms with van der Waals surface area (Å²) in [5, 5.41) is 0. The molecule has 0 aliphatic rings. The molecule has 3 N–H and O–H groups in total. The molecular weight excluding hydrogens is 383 g/mol. The maximum Gasteiger partial charge on any atom is 0.0704 e. The quantitative estimate of drug-likeness (QED) is 0.455. The molecule has 1 unspecified atom stereocenters. The summed E-state index contributed by atoms with van der Waals surface area (Å²) < 4.78 is 7.81. The Morgan fingerprint density at radius 3 is 2.75 bits per heavy atom. The van der Waals surface area contributed by atoms with E-state index in [1.54, 1.807) is 0 Å². The van der Waals surface area contributed by atoms with Crippen LogP contribution >= 0.6 is 38.5 Å². The molecule has 1 aromatic carbocycles. The highest BCUT2D eigenvalue weighted by molar-refractivity contribution is 14.1. The van der Waals surface area contributed by atoms with Crippen LogP contribution in [0.3, 0.4) is 0 Å². The molecule has 0 saturated carbocycles. The lowest BCUT2D eigenvalue weighted by Gasteiger charge is -2.19. The molecule has 16 heavy (non-hydrogen) atoms. The molecule has 0 aromatic heterocycles. The van der Waals surface area contributed by atoms with Gasteiger partial charge in [-0.05, 0) is 60.2 Å². The van der Waals surface area contributed by atoms with E-state index in [0.29, 0.717) is 6.61 Å².